The Bertz CT molecular complexity index is 1530. The molecule has 178 valence electrons. The molecule has 5 rings (SSSR count). The molecule has 7 nitrogen and oxygen atoms in total. The van der Waals surface area contributed by atoms with Crippen LogP contribution in [0.2, 0.25) is 0 Å². The number of aromatic nitrogens is 1. The highest BCUT2D eigenvalue weighted by molar-refractivity contribution is 7.15. The Morgan fingerprint density at radius 1 is 1.09 bits per heavy atom. The molecule has 0 atom stereocenters. The van der Waals surface area contributed by atoms with E-state index >= 15 is 0 Å². The Labute approximate surface area is 205 Å². The predicted molar refractivity (Wildman–Crippen MR) is 137 cm³/mol. The molecule has 0 saturated heterocycles. The topological polar surface area (TPSA) is 101 Å². The summed E-state index contributed by atoms with van der Waals surface area (Å²) in [5.74, 6) is -0.820. The van der Waals surface area contributed by atoms with Crippen LogP contribution >= 0.6 is 11.3 Å². The minimum absolute atomic E-state index is 0.00334. The molecule has 0 radical (unpaired) electrons. The fourth-order valence-corrected chi connectivity index (χ4v) is 5.88. The average Bonchev–Trinajstić information content (AvgIpc) is 3.24. The number of hydrogen-bond acceptors (Lipinski definition) is 7. The summed E-state index contributed by atoms with van der Waals surface area (Å²) in [6.45, 7) is 1.95. The molecule has 35 heavy (non-hydrogen) atoms. The zero-order valence-corrected chi connectivity index (χ0v) is 20.0. The molecule has 0 unspecified atom stereocenters. The summed E-state index contributed by atoms with van der Waals surface area (Å²) in [4.78, 5) is 32.1. The number of aliphatic imine (C=N–C) groups is 1. The summed E-state index contributed by atoms with van der Waals surface area (Å²) < 4.78 is 6.55. The summed E-state index contributed by atoms with van der Waals surface area (Å²) in [6, 6.07) is 13.5. The molecule has 0 bridgehead atoms. The van der Waals surface area contributed by atoms with Crippen LogP contribution in [0.15, 0.2) is 58.3 Å². The lowest BCUT2D eigenvalue weighted by atomic mass is 9.95. The molecule has 0 spiro atoms. The maximum absolute atomic E-state index is 13.6. The number of ether oxygens (including phenoxy) is 1. The third-order valence-electron chi connectivity index (χ3n) is 6.15. The number of phenols is 1. The van der Waals surface area contributed by atoms with E-state index in [0.717, 1.165) is 36.1 Å². The van der Waals surface area contributed by atoms with E-state index < -0.39 is 11.5 Å². The van der Waals surface area contributed by atoms with Gasteiger partial charge in [0.1, 0.15) is 16.4 Å². The number of aromatic hydroxyl groups is 2. The van der Waals surface area contributed by atoms with Crippen molar-refractivity contribution in [1.82, 2.24) is 4.57 Å². The molecule has 0 fully saturated rings. The second kappa shape index (κ2) is 9.38. The van der Waals surface area contributed by atoms with Crippen LogP contribution < -0.4 is 5.56 Å². The van der Waals surface area contributed by atoms with E-state index in [1.165, 1.54) is 28.2 Å². The first-order valence-corrected chi connectivity index (χ1v) is 12.3. The second-order valence-electron chi connectivity index (χ2n) is 8.28. The second-order valence-corrected chi connectivity index (χ2v) is 9.37. The van der Waals surface area contributed by atoms with E-state index in [4.69, 9.17) is 4.74 Å². The van der Waals surface area contributed by atoms with Gasteiger partial charge in [0.15, 0.2) is 0 Å². The van der Waals surface area contributed by atoms with Gasteiger partial charge < -0.3 is 14.9 Å². The fraction of sp³-hybridized carbons (Fsp3) is 0.222. The van der Waals surface area contributed by atoms with Crippen LogP contribution in [0.5, 0.6) is 11.6 Å². The number of carbonyl (C=O) groups excluding carboxylic acids is 1. The Morgan fingerprint density at radius 3 is 2.57 bits per heavy atom. The lowest BCUT2D eigenvalue weighted by Crippen LogP contribution is -2.22. The van der Waals surface area contributed by atoms with Crippen molar-refractivity contribution in [2.75, 3.05) is 6.61 Å². The van der Waals surface area contributed by atoms with Crippen molar-refractivity contribution >= 4 is 40.0 Å². The molecule has 2 aromatic carbocycles. The number of carbonyl (C=O) groups is 1. The van der Waals surface area contributed by atoms with Gasteiger partial charge in [-0.3, -0.25) is 9.79 Å². The van der Waals surface area contributed by atoms with E-state index in [9.17, 15) is 19.8 Å². The van der Waals surface area contributed by atoms with Gasteiger partial charge in [0, 0.05) is 21.9 Å². The number of benzene rings is 2. The predicted octanol–water partition coefficient (Wildman–Crippen LogP) is 5.27. The van der Waals surface area contributed by atoms with Gasteiger partial charge in [-0.05, 0) is 56.4 Å². The maximum atomic E-state index is 13.6. The molecular weight excluding hydrogens is 464 g/mol. The van der Waals surface area contributed by atoms with E-state index in [1.807, 2.05) is 0 Å². The van der Waals surface area contributed by atoms with E-state index in [-0.39, 0.29) is 18.2 Å². The number of phenolic OH excluding ortho intramolecular Hbond substituents is 1. The molecular formula is C27H24N2O5S. The SMILES string of the molecule is CCOC(=O)c1c(-n2c(O)c(C=Nc3ccccc3O)c3ccccc3c2=O)sc2c1CCCC2. The molecule has 0 aliphatic heterocycles. The molecule has 8 heteroatoms. The quantitative estimate of drug-likeness (QED) is 0.294. The summed E-state index contributed by atoms with van der Waals surface area (Å²) in [7, 11) is 0. The number of thiophene rings is 1. The van der Waals surface area contributed by atoms with Gasteiger partial charge in [0.2, 0.25) is 5.88 Å². The fourth-order valence-electron chi connectivity index (χ4n) is 4.51. The average molecular weight is 489 g/mol. The monoisotopic (exact) mass is 488 g/mol. The van der Waals surface area contributed by atoms with E-state index in [1.54, 1.807) is 49.4 Å². The van der Waals surface area contributed by atoms with Crippen LogP contribution in [0, 0.1) is 0 Å². The third-order valence-corrected chi connectivity index (χ3v) is 7.43. The van der Waals surface area contributed by atoms with Crippen molar-refractivity contribution in [2.24, 2.45) is 4.99 Å². The van der Waals surface area contributed by atoms with Crippen molar-refractivity contribution in [3.63, 3.8) is 0 Å². The van der Waals surface area contributed by atoms with Crippen molar-refractivity contribution in [3.8, 4) is 16.6 Å². The van der Waals surface area contributed by atoms with Crippen LogP contribution in [0.25, 0.3) is 15.8 Å². The first kappa shape index (κ1) is 22.9. The molecule has 2 N–H and O–H groups in total. The van der Waals surface area contributed by atoms with E-state index in [0.29, 0.717) is 32.6 Å². The largest absolute Gasteiger partial charge is 0.506 e. The number of hydrogen-bond donors (Lipinski definition) is 2. The van der Waals surface area contributed by atoms with Gasteiger partial charge in [0.05, 0.1) is 17.7 Å². The smallest absolute Gasteiger partial charge is 0.341 e. The number of esters is 1. The maximum Gasteiger partial charge on any atom is 0.341 e. The van der Waals surface area contributed by atoms with Gasteiger partial charge in [-0.15, -0.1) is 11.3 Å². The van der Waals surface area contributed by atoms with Gasteiger partial charge >= 0.3 is 5.97 Å². The van der Waals surface area contributed by atoms with Crippen LogP contribution in [0.1, 0.15) is 46.1 Å². The molecule has 0 saturated carbocycles. The zero-order chi connectivity index (χ0) is 24.5. The first-order chi connectivity index (χ1) is 17.0. The van der Waals surface area contributed by atoms with Crippen molar-refractivity contribution in [2.45, 2.75) is 32.6 Å². The number of pyridine rings is 1. The Hall–Kier alpha value is -3.91. The Kier molecular flexibility index (Phi) is 6.13. The summed E-state index contributed by atoms with van der Waals surface area (Å²) in [6.07, 6.45) is 4.93. The Morgan fingerprint density at radius 2 is 1.80 bits per heavy atom. The van der Waals surface area contributed by atoms with Gasteiger partial charge in [-0.25, -0.2) is 9.36 Å². The van der Waals surface area contributed by atoms with Gasteiger partial charge in [0.25, 0.3) is 5.56 Å². The first-order valence-electron chi connectivity index (χ1n) is 11.5. The highest BCUT2D eigenvalue weighted by Crippen LogP contribution is 2.39. The molecule has 1 aliphatic carbocycles. The molecule has 1 aliphatic rings. The molecule has 2 aromatic heterocycles. The highest BCUT2D eigenvalue weighted by Gasteiger charge is 2.30. The number of nitrogens with zero attached hydrogens (tertiary/aromatic N) is 2. The lowest BCUT2D eigenvalue weighted by Gasteiger charge is -2.15. The normalized spacial score (nSPS) is 13.3. The summed E-state index contributed by atoms with van der Waals surface area (Å²) >= 11 is 1.35. The van der Waals surface area contributed by atoms with Crippen molar-refractivity contribution in [1.29, 1.82) is 0 Å². The molecule has 2 heterocycles. The number of fused-ring (bicyclic) bond motifs is 2. The highest BCUT2D eigenvalue weighted by atomic mass is 32.1. The standard InChI is InChI=1S/C27H24N2O5S/c1-2-34-27(33)23-18-11-5-8-14-22(18)35-26(23)29-24(31)17-10-4-3-9-16(17)19(25(29)32)15-28-20-12-6-7-13-21(20)30/h3-4,6-7,9-10,12-13,15,30,32H,2,5,8,11,14H2,1H3. The summed E-state index contributed by atoms with van der Waals surface area (Å²) in [5.41, 5.74) is 1.46. The zero-order valence-electron chi connectivity index (χ0n) is 19.2. The van der Waals surface area contributed by atoms with Gasteiger partial charge in [-0.1, -0.05) is 30.3 Å². The number of para-hydroxylation sites is 2. The van der Waals surface area contributed by atoms with Gasteiger partial charge in [-0.2, -0.15) is 0 Å². The van der Waals surface area contributed by atoms with E-state index in [2.05, 4.69) is 4.99 Å². The molecule has 0 amide bonds. The van der Waals surface area contributed by atoms with Crippen LogP contribution in [0.3, 0.4) is 0 Å². The van der Waals surface area contributed by atoms with Crippen LogP contribution in [0.4, 0.5) is 5.69 Å². The Balaban J connectivity index is 1.79. The minimum atomic E-state index is -0.495. The third kappa shape index (κ3) is 4.00. The number of aryl methyl sites for hydroxylation is 1. The van der Waals surface area contributed by atoms with Crippen LogP contribution in [-0.4, -0.2) is 33.6 Å². The van der Waals surface area contributed by atoms with Crippen LogP contribution in [-0.2, 0) is 17.6 Å². The lowest BCUT2D eigenvalue weighted by molar-refractivity contribution is 0.0525. The molecule has 4 aromatic rings. The van der Waals surface area contributed by atoms with Crippen molar-refractivity contribution < 1.29 is 19.7 Å². The minimum Gasteiger partial charge on any atom is -0.506 e. The summed E-state index contributed by atoms with van der Waals surface area (Å²) in [5, 5.41) is 22.8. The van der Waals surface area contributed by atoms with Crippen molar-refractivity contribution in [3.05, 3.63) is 80.5 Å². The number of rotatable bonds is 5.